The minimum absolute atomic E-state index is 0.00648. The quantitative estimate of drug-likeness (QED) is 0.381. The fraction of sp³-hybridized carbons (Fsp3) is 0.583. The smallest absolute Gasteiger partial charge is 0.256 e. The van der Waals surface area contributed by atoms with Crippen LogP contribution in [-0.4, -0.2) is 51.2 Å². The zero-order chi connectivity index (χ0) is 25.2. The molecule has 0 aromatic heterocycles. The van der Waals surface area contributed by atoms with Crippen molar-refractivity contribution in [1.82, 2.24) is 16.3 Å². The fourth-order valence-electron chi connectivity index (χ4n) is 4.21. The Labute approximate surface area is 202 Å². The van der Waals surface area contributed by atoms with E-state index in [9.17, 15) is 18.0 Å². The van der Waals surface area contributed by atoms with Crippen LogP contribution in [0, 0.1) is 11.8 Å². The molecule has 1 saturated heterocycles. The van der Waals surface area contributed by atoms with Gasteiger partial charge in [-0.1, -0.05) is 56.3 Å². The van der Waals surface area contributed by atoms with Crippen LogP contribution in [0.4, 0.5) is 0 Å². The summed E-state index contributed by atoms with van der Waals surface area (Å²) in [5.74, 6) is -2.91. The van der Waals surface area contributed by atoms with Gasteiger partial charge in [0, 0.05) is 26.3 Å². The Bertz CT molecular complexity index is 929. The molecule has 3 atom stereocenters. The average molecular weight is 496 g/mol. The summed E-state index contributed by atoms with van der Waals surface area (Å²) in [7, 11) is -2.59. The van der Waals surface area contributed by atoms with Gasteiger partial charge in [0.05, 0.1) is 5.92 Å². The number of nitrogens with one attached hydrogen (secondary N) is 3. The van der Waals surface area contributed by atoms with E-state index in [2.05, 4.69) is 16.3 Å². The number of carbonyl (C=O) groups is 2. The maximum Gasteiger partial charge on any atom is 0.256 e. The Hall–Kier alpha value is -2.27. The number of hydrogen-bond donors (Lipinski definition) is 3. The molecule has 1 heterocycles. The highest BCUT2D eigenvalue weighted by Crippen LogP contribution is 2.37. The van der Waals surface area contributed by atoms with Gasteiger partial charge in [0.2, 0.25) is 5.91 Å². The maximum atomic E-state index is 13.4. The van der Waals surface area contributed by atoms with Crippen molar-refractivity contribution in [2.45, 2.75) is 57.0 Å². The lowest BCUT2D eigenvalue weighted by Gasteiger charge is -2.38. The summed E-state index contributed by atoms with van der Waals surface area (Å²) in [4.78, 5) is 32.2. The fourth-order valence-corrected chi connectivity index (χ4v) is 5.95. The van der Waals surface area contributed by atoms with Crippen LogP contribution < -0.4 is 16.3 Å². The number of hydrogen-bond acceptors (Lipinski definition) is 7. The van der Waals surface area contributed by atoms with Crippen molar-refractivity contribution in [3.63, 3.8) is 0 Å². The highest BCUT2D eigenvalue weighted by Gasteiger charge is 2.56. The minimum Gasteiger partial charge on any atom is -0.350 e. The molecule has 1 aromatic carbocycles. The minimum atomic E-state index is -4.06. The molecule has 1 unspecified atom stereocenters. The third-order valence-corrected chi connectivity index (χ3v) is 7.75. The van der Waals surface area contributed by atoms with Crippen molar-refractivity contribution in [1.29, 1.82) is 0 Å². The lowest BCUT2D eigenvalue weighted by Crippen LogP contribution is -2.62. The lowest BCUT2D eigenvalue weighted by atomic mass is 9.81. The summed E-state index contributed by atoms with van der Waals surface area (Å²) in [6.45, 7) is 4.15. The van der Waals surface area contributed by atoms with E-state index >= 15 is 0 Å². The van der Waals surface area contributed by atoms with Gasteiger partial charge < -0.3 is 4.74 Å². The Balaban J connectivity index is 2.44. The number of ether oxygens (including phenoxy) is 1. The van der Waals surface area contributed by atoms with Crippen LogP contribution >= 0.6 is 0 Å². The van der Waals surface area contributed by atoms with Gasteiger partial charge in [0.15, 0.2) is 20.9 Å². The molecule has 1 fully saturated rings. The molecule has 10 heteroatoms. The normalized spacial score (nSPS) is 19.5. The van der Waals surface area contributed by atoms with Gasteiger partial charge in [-0.25, -0.2) is 24.2 Å². The second-order valence-corrected chi connectivity index (χ2v) is 11.2. The van der Waals surface area contributed by atoms with Gasteiger partial charge in [-0.2, -0.15) is 0 Å². The van der Waals surface area contributed by atoms with Crippen molar-refractivity contribution in [2.75, 3.05) is 19.9 Å². The van der Waals surface area contributed by atoms with Crippen LogP contribution in [0.1, 0.15) is 51.5 Å². The Morgan fingerprint density at radius 3 is 2.50 bits per heavy atom. The third-order valence-electron chi connectivity index (χ3n) is 5.79. The predicted molar refractivity (Wildman–Crippen MR) is 131 cm³/mol. The van der Waals surface area contributed by atoms with E-state index in [4.69, 9.17) is 9.57 Å². The van der Waals surface area contributed by atoms with Gasteiger partial charge in [-0.3, -0.25) is 15.0 Å². The van der Waals surface area contributed by atoms with Crippen molar-refractivity contribution >= 4 is 27.7 Å². The first-order chi connectivity index (χ1) is 16.1. The summed E-state index contributed by atoms with van der Waals surface area (Å²) < 4.78 is 29.9. The van der Waals surface area contributed by atoms with Crippen LogP contribution in [-0.2, 0) is 29.0 Å². The highest BCUT2D eigenvalue weighted by molar-refractivity contribution is 7.93. The van der Waals surface area contributed by atoms with E-state index in [1.807, 2.05) is 44.2 Å². The van der Waals surface area contributed by atoms with Gasteiger partial charge in [-0.05, 0) is 37.2 Å². The summed E-state index contributed by atoms with van der Waals surface area (Å²) >= 11 is 0. The molecule has 2 amide bonds. The van der Waals surface area contributed by atoms with Gasteiger partial charge in [-0.15, -0.1) is 0 Å². The molecule has 3 N–H and O–H groups in total. The number of benzene rings is 1. The highest BCUT2D eigenvalue weighted by atomic mass is 32.2. The summed E-state index contributed by atoms with van der Waals surface area (Å²) in [5.41, 5.74) is 8.20. The second kappa shape index (κ2) is 13.0. The Kier molecular flexibility index (Phi) is 10.7. The first kappa shape index (κ1) is 28.0. The van der Waals surface area contributed by atoms with Crippen molar-refractivity contribution in [3.05, 3.63) is 42.0 Å². The third kappa shape index (κ3) is 7.36. The molecule has 1 aliphatic rings. The topological polar surface area (TPSA) is 123 Å². The van der Waals surface area contributed by atoms with Crippen LogP contribution in [0.15, 0.2) is 36.4 Å². The zero-order valence-electron chi connectivity index (χ0n) is 20.4. The molecule has 0 bridgehead atoms. The van der Waals surface area contributed by atoms with Gasteiger partial charge in [0.1, 0.15) is 0 Å². The molecule has 2 rings (SSSR count). The number of amides is 2. The van der Waals surface area contributed by atoms with E-state index in [0.717, 1.165) is 24.7 Å². The molecular formula is C24H37N3O6S. The molecule has 0 aliphatic carbocycles. The molecule has 9 nitrogen and oxygen atoms in total. The first-order valence-electron chi connectivity index (χ1n) is 11.6. The summed E-state index contributed by atoms with van der Waals surface area (Å²) in [6, 6.07) is 9.42. The first-order valence-corrected chi connectivity index (χ1v) is 13.5. The average Bonchev–Trinajstić information content (AvgIpc) is 2.79. The number of hydrazine groups is 1. The maximum absolute atomic E-state index is 13.4. The number of rotatable bonds is 12. The van der Waals surface area contributed by atoms with E-state index in [0.29, 0.717) is 13.0 Å². The molecule has 0 saturated carbocycles. The van der Waals surface area contributed by atoms with Crippen LogP contribution in [0.25, 0.3) is 6.08 Å². The van der Waals surface area contributed by atoms with Crippen LogP contribution in [0.5, 0.6) is 0 Å². The van der Waals surface area contributed by atoms with Gasteiger partial charge >= 0.3 is 0 Å². The molecule has 1 aliphatic heterocycles. The van der Waals surface area contributed by atoms with Crippen molar-refractivity contribution < 1.29 is 27.6 Å². The van der Waals surface area contributed by atoms with Gasteiger partial charge in [0.25, 0.3) is 5.91 Å². The zero-order valence-corrected chi connectivity index (χ0v) is 21.2. The van der Waals surface area contributed by atoms with Crippen molar-refractivity contribution in [2.24, 2.45) is 11.8 Å². The summed E-state index contributed by atoms with van der Waals surface area (Å²) in [6.07, 6.45) is 6.28. The number of allylic oxidation sites excluding steroid dienone is 1. The number of sulfone groups is 1. The molecule has 34 heavy (non-hydrogen) atoms. The monoisotopic (exact) mass is 495 g/mol. The molecule has 190 valence electrons. The molecule has 1 aromatic rings. The SMILES string of the molecule is CNNC(=O)[C@@](CC(C)C)([C@@H](CC=Cc1ccccc1)C(=O)NOC1CCCCO1)S(C)(=O)=O. The Morgan fingerprint density at radius 1 is 1.24 bits per heavy atom. The molecule has 0 radical (unpaired) electrons. The lowest BCUT2D eigenvalue weighted by molar-refractivity contribution is -0.202. The van der Waals surface area contributed by atoms with Crippen molar-refractivity contribution in [3.8, 4) is 0 Å². The molecule has 0 spiro atoms. The van der Waals surface area contributed by atoms with Crippen LogP contribution in [0.3, 0.4) is 0 Å². The second-order valence-electron chi connectivity index (χ2n) is 8.95. The standard InChI is InChI=1S/C24H37N3O6S/c1-18(2)17-24(34(4,30)31,23(29)26-25-3)20(14-10-13-19-11-6-5-7-12-19)22(28)27-33-21-15-8-9-16-32-21/h5-7,10-13,18,20-21,25H,8-9,14-17H2,1-4H3,(H,26,29)(H,27,28)/t20-,21?,24+/m0/s1. The number of carbonyl (C=O) groups excluding carboxylic acids is 2. The van der Waals surface area contributed by atoms with E-state index < -0.39 is 38.6 Å². The predicted octanol–water partition coefficient (Wildman–Crippen LogP) is 2.36. The molecular weight excluding hydrogens is 458 g/mol. The number of hydroxylamine groups is 1. The van der Waals surface area contributed by atoms with E-state index in [-0.39, 0.29) is 18.8 Å². The Morgan fingerprint density at radius 2 is 1.94 bits per heavy atom. The largest absolute Gasteiger partial charge is 0.350 e. The van der Waals surface area contributed by atoms with Crippen LogP contribution in [0.2, 0.25) is 0 Å². The van der Waals surface area contributed by atoms with E-state index in [1.54, 1.807) is 12.2 Å². The summed E-state index contributed by atoms with van der Waals surface area (Å²) in [5, 5.41) is 0. The van der Waals surface area contributed by atoms with E-state index in [1.165, 1.54) is 7.05 Å².